The molecule has 0 unspecified atom stereocenters. The first-order valence-corrected chi connectivity index (χ1v) is 8.54. The van der Waals surface area contributed by atoms with Crippen LogP contribution in [0.3, 0.4) is 0 Å². The largest absolute Gasteiger partial charge is 0.364 e. The van der Waals surface area contributed by atoms with E-state index in [2.05, 4.69) is 21.1 Å². The highest BCUT2D eigenvalue weighted by molar-refractivity contribution is 5.95. The first-order valence-electron chi connectivity index (χ1n) is 8.54. The Bertz CT molecular complexity index is 956. The molecule has 27 heavy (non-hydrogen) atoms. The first-order chi connectivity index (χ1) is 13.2. The van der Waals surface area contributed by atoms with Crippen molar-refractivity contribution in [1.82, 2.24) is 19.7 Å². The Labute approximate surface area is 156 Å². The van der Waals surface area contributed by atoms with Gasteiger partial charge in [-0.15, -0.1) is 0 Å². The maximum absolute atomic E-state index is 11.8. The molecule has 0 atom stereocenters. The number of nitrogens with zero attached hydrogens (tertiary/aromatic N) is 4. The molecule has 7 nitrogen and oxygen atoms in total. The minimum atomic E-state index is -0.550. The summed E-state index contributed by atoms with van der Waals surface area (Å²) in [6.07, 6.45) is 11.8. The molecule has 2 N–H and O–H groups in total. The van der Waals surface area contributed by atoms with Gasteiger partial charge in [0.2, 0.25) is 0 Å². The number of ether oxygens (including phenoxy) is 1. The number of methoxy groups -OCH3 is 1. The van der Waals surface area contributed by atoms with Crippen molar-refractivity contribution in [2.45, 2.75) is 18.6 Å². The van der Waals surface area contributed by atoms with Crippen LogP contribution in [-0.4, -0.2) is 32.8 Å². The average molecular weight is 361 g/mol. The number of primary amides is 1. The zero-order valence-electron chi connectivity index (χ0n) is 14.9. The van der Waals surface area contributed by atoms with E-state index in [0.717, 1.165) is 22.4 Å². The summed E-state index contributed by atoms with van der Waals surface area (Å²) in [4.78, 5) is 20.1. The van der Waals surface area contributed by atoms with Crippen molar-refractivity contribution in [2.24, 2.45) is 5.73 Å². The Morgan fingerprint density at radius 2 is 1.74 bits per heavy atom. The van der Waals surface area contributed by atoms with Gasteiger partial charge in [0.15, 0.2) is 5.69 Å². The van der Waals surface area contributed by atoms with Gasteiger partial charge in [0, 0.05) is 49.3 Å². The van der Waals surface area contributed by atoms with Crippen LogP contribution in [0.15, 0.2) is 55.1 Å². The Morgan fingerprint density at radius 3 is 2.26 bits per heavy atom. The monoisotopic (exact) mass is 361 g/mol. The van der Waals surface area contributed by atoms with Gasteiger partial charge in [-0.3, -0.25) is 14.8 Å². The standard InChI is InChI=1S/C20H19N5O2/c1-27-13-25-17-12-20(14-3-8-22-9-4-14,15-5-10-23-11-6-15)7-2-16(17)18(24-25)19(21)26/h2-11H,12-13H2,1H3,(H2,21,26). The minimum absolute atomic E-state index is 0.242. The predicted molar refractivity (Wildman–Crippen MR) is 99.7 cm³/mol. The number of nitrogens with two attached hydrogens (primary N) is 1. The molecule has 0 bridgehead atoms. The van der Waals surface area contributed by atoms with Crippen molar-refractivity contribution in [3.8, 4) is 0 Å². The van der Waals surface area contributed by atoms with E-state index in [4.69, 9.17) is 10.5 Å². The fourth-order valence-electron chi connectivity index (χ4n) is 3.69. The molecular formula is C20H19N5O2. The van der Waals surface area contributed by atoms with Crippen molar-refractivity contribution >= 4 is 12.0 Å². The molecule has 0 saturated carbocycles. The second-order valence-electron chi connectivity index (χ2n) is 6.44. The normalized spacial score (nSPS) is 14.7. The van der Waals surface area contributed by atoms with Crippen LogP contribution >= 0.6 is 0 Å². The molecule has 7 heteroatoms. The average Bonchev–Trinajstić information content (AvgIpc) is 3.07. The molecule has 136 valence electrons. The van der Waals surface area contributed by atoms with E-state index in [1.807, 2.05) is 30.3 Å². The van der Waals surface area contributed by atoms with Crippen molar-refractivity contribution in [3.05, 3.63) is 83.2 Å². The predicted octanol–water partition coefficient (Wildman–Crippen LogP) is 1.93. The summed E-state index contributed by atoms with van der Waals surface area (Å²) < 4.78 is 6.98. The number of amides is 1. The Kier molecular flexibility index (Phi) is 4.29. The lowest BCUT2D eigenvalue weighted by Gasteiger charge is -2.34. The highest BCUT2D eigenvalue weighted by Crippen LogP contribution is 2.42. The minimum Gasteiger partial charge on any atom is -0.364 e. The molecule has 0 fully saturated rings. The van der Waals surface area contributed by atoms with Crippen LogP contribution in [0.1, 0.15) is 32.9 Å². The molecule has 1 aliphatic rings. The van der Waals surface area contributed by atoms with Gasteiger partial charge in [-0.2, -0.15) is 5.10 Å². The zero-order chi connectivity index (χ0) is 18.9. The van der Waals surface area contributed by atoms with Gasteiger partial charge in [-0.1, -0.05) is 12.2 Å². The van der Waals surface area contributed by atoms with E-state index in [0.29, 0.717) is 6.42 Å². The molecule has 3 aromatic heterocycles. The molecule has 0 aromatic carbocycles. The third-order valence-electron chi connectivity index (χ3n) is 4.95. The summed E-state index contributed by atoms with van der Waals surface area (Å²) in [5.41, 5.74) is 9.20. The summed E-state index contributed by atoms with van der Waals surface area (Å²) in [6.45, 7) is 0.242. The topological polar surface area (TPSA) is 95.9 Å². The number of hydrogen-bond acceptors (Lipinski definition) is 5. The van der Waals surface area contributed by atoms with Gasteiger partial charge >= 0.3 is 0 Å². The van der Waals surface area contributed by atoms with Gasteiger partial charge in [0.1, 0.15) is 6.73 Å². The second-order valence-corrected chi connectivity index (χ2v) is 6.44. The van der Waals surface area contributed by atoms with Gasteiger partial charge in [0.25, 0.3) is 5.91 Å². The number of carbonyl (C=O) groups excluding carboxylic acids is 1. The molecule has 3 aromatic rings. The van der Waals surface area contributed by atoms with E-state index in [1.54, 1.807) is 36.6 Å². The van der Waals surface area contributed by atoms with Crippen LogP contribution in [0.5, 0.6) is 0 Å². The second kappa shape index (κ2) is 6.77. The molecule has 0 saturated heterocycles. The van der Waals surface area contributed by atoms with Crippen molar-refractivity contribution < 1.29 is 9.53 Å². The van der Waals surface area contributed by atoms with Crippen molar-refractivity contribution in [3.63, 3.8) is 0 Å². The zero-order valence-corrected chi connectivity index (χ0v) is 14.9. The number of allylic oxidation sites excluding steroid dienone is 1. The van der Waals surface area contributed by atoms with Crippen LogP contribution in [0.2, 0.25) is 0 Å². The lowest BCUT2D eigenvalue weighted by Crippen LogP contribution is -2.32. The van der Waals surface area contributed by atoms with Gasteiger partial charge < -0.3 is 10.5 Å². The highest BCUT2D eigenvalue weighted by atomic mass is 16.5. The van der Waals surface area contributed by atoms with E-state index in [1.165, 1.54) is 0 Å². The molecule has 4 rings (SSSR count). The molecule has 1 amide bonds. The highest BCUT2D eigenvalue weighted by Gasteiger charge is 2.38. The van der Waals surface area contributed by atoms with E-state index >= 15 is 0 Å². The fourth-order valence-corrected chi connectivity index (χ4v) is 3.69. The van der Waals surface area contributed by atoms with E-state index in [-0.39, 0.29) is 12.4 Å². The number of aromatic nitrogens is 4. The summed E-state index contributed by atoms with van der Waals surface area (Å²) in [6, 6.07) is 8.01. The van der Waals surface area contributed by atoms with Crippen LogP contribution in [0, 0.1) is 0 Å². The summed E-state index contributed by atoms with van der Waals surface area (Å²) in [5, 5.41) is 4.38. The van der Waals surface area contributed by atoms with Crippen LogP contribution in [0.4, 0.5) is 0 Å². The Balaban J connectivity index is 1.93. The quantitative estimate of drug-likeness (QED) is 0.749. The van der Waals surface area contributed by atoms with E-state index < -0.39 is 11.3 Å². The third-order valence-corrected chi connectivity index (χ3v) is 4.95. The number of rotatable bonds is 5. The summed E-state index contributed by atoms with van der Waals surface area (Å²) in [7, 11) is 1.59. The molecule has 0 radical (unpaired) electrons. The third kappa shape index (κ3) is 2.82. The molecule has 0 spiro atoms. The molecule has 1 aliphatic carbocycles. The Morgan fingerprint density at radius 1 is 1.15 bits per heavy atom. The number of hydrogen-bond donors (Lipinski definition) is 1. The number of fused-ring (bicyclic) bond motifs is 1. The van der Waals surface area contributed by atoms with Crippen LogP contribution < -0.4 is 5.73 Å². The van der Waals surface area contributed by atoms with Gasteiger partial charge in [0.05, 0.1) is 5.69 Å². The van der Waals surface area contributed by atoms with E-state index in [9.17, 15) is 4.79 Å². The van der Waals surface area contributed by atoms with Crippen LogP contribution in [0.25, 0.3) is 6.08 Å². The van der Waals surface area contributed by atoms with Gasteiger partial charge in [-0.05, 0) is 35.4 Å². The maximum atomic E-state index is 11.8. The maximum Gasteiger partial charge on any atom is 0.269 e. The lowest BCUT2D eigenvalue weighted by molar-refractivity contribution is 0.0985. The molecule has 3 heterocycles. The van der Waals surface area contributed by atoms with Crippen molar-refractivity contribution in [2.75, 3.05) is 7.11 Å². The summed E-state index contributed by atoms with van der Waals surface area (Å²) in [5.74, 6) is -0.550. The lowest BCUT2D eigenvalue weighted by atomic mass is 9.69. The fraction of sp³-hybridized carbons (Fsp3) is 0.200. The van der Waals surface area contributed by atoms with Crippen molar-refractivity contribution in [1.29, 1.82) is 0 Å². The number of pyridine rings is 2. The van der Waals surface area contributed by atoms with Crippen LogP contribution in [-0.2, 0) is 23.3 Å². The molecular weight excluding hydrogens is 342 g/mol. The SMILES string of the molecule is COCn1nc(C(N)=O)c2c1CC(c1ccncc1)(c1ccncc1)C=C2. The molecule has 0 aliphatic heterocycles. The Hall–Kier alpha value is -3.32. The number of carbonyl (C=O) groups is 1. The summed E-state index contributed by atoms with van der Waals surface area (Å²) >= 11 is 0. The smallest absolute Gasteiger partial charge is 0.269 e. The van der Waals surface area contributed by atoms with Gasteiger partial charge in [-0.25, -0.2) is 4.68 Å². The first kappa shape index (κ1) is 17.1.